The lowest BCUT2D eigenvalue weighted by molar-refractivity contribution is 0.772. The average Bonchev–Trinajstić information content (AvgIpc) is 2.19. The summed E-state index contributed by atoms with van der Waals surface area (Å²) in [6.45, 7) is 11.0. The van der Waals surface area contributed by atoms with E-state index < -0.39 is 0 Å². The first-order valence-electron chi connectivity index (χ1n) is 6.88. The van der Waals surface area contributed by atoms with Gasteiger partial charge in [-0.25, -0.2) is 0 Å². The largest absolute Gasteiger partial charge is 0.0853 e. The van der Waals surface area contributed by atoms with Crippen LogP contribution in [0, 0.1) is 0 Å². The number of rotatable bonds is 4. The molecular weight excluding hydrogens is 180 g/mol. The Hall–Kier alpha value is -0.260. The molecule has 0 aromatic rings. The second-order valence-electron chi connectivity index (χ2n) is 4.30. The molecular formula is C15H32. The van der Waals surface area contributed by atoms with Gasteiger partial charge in [-0.15, -0.1) is 0 Å². The highest BCUT2D eigenvalue weighted by Crippen LogP contribution is 2.14. The van der Waals surface area contributed by atoms with E-state index in [9.17, 15) is 0 Å². The van der Waals surface area contributed by atoms with Crippen LogP contribution in [0.15, 0.2) is 11.6 Å². The molecule has 0 fully saturated rings. The summed E-state index contributed by atoms with van der Waals surface area (Å²) >= 11 is 0. The normalized spacial score (nSPS) is 12.5. The van der Waals surface area contributed by atoms with E-state index in [-0.39, 0.29) is 0 Å². The van der Waals surface area contributed by atoms with Crippen LogP contribution in [0.5, 0.6) is 0 Å². The quantitative estimate of drug-likeness (QED) is 0.492. The van der Waals surface area contributed by atoms with Crippen molar-refractivity contribution in [3.05, 3.63) is 11.6 Å². The van der Waals surface area contributed by atoms with E-state index >= 15 is 0 Å². The summed E-state index contributed by atoms with van der Waals surface area (Å²) in [4.78, 5) is 0. The fourth-order valence-electron chi connectivity index (χ4n) is 1.14. The van der Waals surface area contributed by atoms with Crippen LogP contribution in [0.4, 0.5) is 0 Å². The molecule has 0 N–H and O–H groups in total. The predicted octanol–water partition coefficient (Wildman–Crippen LogP) is 6.12. The molecule has 0 atom stereocenters. The van der Waals surface area contributed by atoms with Gasteiger partial charge in [0.1, 0.15) is 0 Å². The standard InChI is InChI=1S/C5H8.2C5H12/c1-5-3-2-4-5;2*1-3-5-4-2/h3H,2,4H2,1H3;2*3-5H2,1-2H3. The van der Waals surface area contributed by atoms with E-state index in [2.05, 4.69) is 40.7 Å². The lowest BCUT2D eigenvalue weighted by Gasteiger charge is -2.05. The third kappa shape index (κ3) is 20.0. The Balaban J connectivity index is 0. The van der Waals surface area contributed by atoms with E-state index in [1.54, 1.807) is 5.57 Å². The lowest BCUT2D eigenvalue weighted by atomic mass is 10.0. The predicted molar refractivity (Wildman–Crippen MR) is 73.4 cm³/mol. The molecule has 0 spiro atoms. The molecule has 0 saturated carbocycles. The Morgan fingerprint density at radius 3 is 1.13 bits per heavy atom. The minimum atomic E-state index is 1.33. The molecule has 0 radical (unpaired) electrons. The molecule has 0 aromatic heterocycles. The van der Waals surface area contributed by atoms with Crippen molar-refractivity contribution < 1.29 is 0 Å². The third-order valence-electron chi connectivity index (χ3n) is 2.45. The molecule has 0 nitrogen and oxygen atoms in total. The molecule has 1 aliphatic rings. The Kier molecular flexibility index (Phi) is 18.5. The number of hydrogen-bond donors (Lipinski definition) is 0. The van der Waals surface area contributed by atoms with E-state index in [1.807, 2.05) is 0 Å². The van der Waals surface area contributed by atoms with Gasteiger partial charge in [0.2, 0.25) is 0 Å². The van der Waals surface area contributed by atoms with Gasteiger partial charge in [0.05, 0.1) is 0 Å². The summed E-state index contributed by atoms with van der Waals surface area (Å²) in [6, 6.07) is 0. The summed E-state index contributed by atoms with van der Waals surface area (Å²) in [5.41, 5.74) is 1.56. The topological polar surface area (TPSA) is 0 Å². The van der Waals surface area contributed by atoms with Crippen molar-refractivity contribution in [1.82, 2.24) is 0 Å². The van der Waals surface area contributed by atoms with Gasteiger partial charge in [0.25, 0.3) is 0 Å². The van der Waals surface area contributed by atoms with Crippen LogP contribution >= 0.6 is 0 Å². The summed E-state index contributed by atoms with van der Waals surface area (Å²) in [5.74, 6) is 0. The third-order valence-corrected chi connectivity index (χ3v) is 2.45. The fourth-order valence-corrected chi connectivity index (χ4v) is 1.14. The van der Waals surface area contributed by atoms with Crippen LogP contribution in [-0.4, -0.2) is 0 Å². The maximum Gasteiger partial charge on any atom is -0.0288 e. The maximum atomic E-state index is 2.26. The van der Waals surface area contributed by atoms with Gasteiger partial charge in [0, 0.05) is 0 Å². The minimum Gasteiger partial charge on any atom is -0.0853 e. The molecule has 0 bridgehead atoms. The van der Waals surface area contributed by atoms with Gasteiger partial charge in [-0.3, -0.25) is 0 Å². The number of allylic oxidation sites excluding steroid dienone is 2. The van der Waals surface area contributed by atoms with E-state index in [0.717, 1.165) is 0 Å². The molecule has 0 saturated heterocycles. The zero-order chi connectivity index (χ0) is 11.9. The van der Waals surface area contributed by atoms with Crippen molar-refractivity contribution in [2.75, 3.05) is 0 Å². The summed E-state index contributed by atoms with van der Waals surface area (Å²) in [6.07, 6.45) is 13.1. The number of hydrogen-bond acceptors (Lipinski definition) is 0. The van der Waals surface area contributed by atoms with Crippen molar-refractivity contribution in [3.8, 4) is 0 Å². The van der Waals surface area contributed by atoms with Crippen molar-refractivity contribution in [2.24, 2.45) is 0 Å². The summed E-state index contributed by atoms with van der Waals surface area (Å²) in [5, 5.41) is 0. The van der Waals surface area contributed by atoms with Gasteiger partial charge < -0.3 is 0 Å². The van der Waals surface area contributed by atoms with Gasteiger partial charge in [-0.2, -0.15) is 0 Å². The Bertz CT molecular complexity index is 112. The van der Waals surface area contributed by atoms with Crippen LogP contribution < -0.4 is 0 Å². The van der Waals surface area contributed by atoms with Crippen molar-refractivity contribution in [1.29, 1.82) is 0 Å². The fraction of sp³-hybridized carbons (Fsp3) is 0.867. The van der Waals surface area contributed by atoms with Crippen molar-refractivity contribution >= 4 is 0 Å². The van der Waals surface area contributed by atoms with E-state index in [0.29, 0.717) is 0 Å². The van der Waals surface area contributed by atoms with Crippen molar-refractivity contribution in [3.63, 3.8) is 0 Å². The Labute approximate surface area is 98.2 Å². The van der Waals surface area contributed by atoms with E-state index in [1.165, 1.54) is 51.4 Å². The molecule has 1 aliphatic carbocycles. The van der Waals surface area contributed by atoms with Gasteiger partial charge in [-0.1, -0.05) is 77.9 Å². The molecule has 0 unspecified atom stereocenters. The van der Waals surface area contributed by atoms with Gasteiger partial charge >= 0.3 is 0 Å². The lowest BCUT2D eigenvalue weighted by Crippen LogP contribution is -1.84. The highest BCUT2D eigenvalue weighted by molar-refractivity contribution is 5.07. The first-order valence-corrected chi connectivity index (χ1v) is 6.88. The molecule has 0 amide bonds. The molecule has 0 heteroatoms. The molecule has 0 heterocycles. The zero-order valence-corrected chi connectivity index (χ0v) is 11.7. The highest BCUT2D eigenvalue weighted by atomic mass is 14.0. The maximum absolute atomic E-state index is 2.26. The molecule has 0 aromatic carbocycles. The minimum absolute atomic E-state index is 1.33. The second kappa shape index (κ2) is 16.2. The zero-order valence-electron chi connectivity index (χ0n) is 11.7. The Morgan fingerprint density at radius 1 is 0.867 bits per heavy atom. The first-order chi connectivity index (χ1) is 7.22. The molecule has 92 valence electrons. The SMILES string of the molecule is CC1=CCC1.CCCCC.CCCCC. The van der Waals surface area contributed by atoms with Gasteiger partial charge in [0.15, 0.2) is 0 Å². The second-order valence-corrected chi connectivity index (χ2v) is 4.30. The summed E-state index contributed by atoms with van der Waals surface area (Å²) in [7, 11) is 0. The number of unbranched alkanes of at least 4 members (excludes halogenated alkanes) is 4. The van der Waals surface area contributed by atoms with Crippen LogP contribution in [0.3, 0.4) is 0 Å². The average molecular weight is 212 g/mol. The van der Waals surface area contributed by atoms with Crippen LogP contribution in [-0.2, 0) is 0 Å². The first kappa shape index (κ1) is 17.1. The smallest absolute Gasteiger partial charge is 0.0288 e. The highest BCUT2D eigenvalue weighted by Gasteiger charge is 1.94. The van der Waals surface area contributed by atoms with Crippen LogP contribution in [0.25, 0.3) is 0 Å². The Morgan fingerprint density at radius 2 is 1.13 bits per heavy atom. The summed E-state index contributed by atoms with van der Waals surface area (Å²) < 4.78 is 0. The monoisotopic (exact) mass is 212 g/mol. The van der Waals surface area contributed by atoms with Crippen LogP contribution in [0.1, 0.15) is 86.0 Å². The van der Waals surface area contributed by atoms with E-state index in [4.69, 9.17) is 0 Å². The van der Waals surface area contributed by atoms with Gasteiger partial charge in [-0.05, 0) is 19.8 Å². The van der Waals surface area contributed by atoms with Crippen molar-refractivity contribution in [2.45, 2.75) is 86.0 Å². The molecule has 0 aliphatic heterocycles. The van der Waals surface area contributed by atoms with Crippen LogP contribution in [0.2, 0.25) is 0 Å². The molecule has 1 rings (SSSR count). The molecule has 15 heavy (non-hydrogen) atoms.